The van der Waals surface area contributed by atoms with Crippen LogP contribution < -0.4 is 10.6 Å². The van der Waals surface area contributed by atoms with Crippen LogP contribution in [0.1, 0.15) is 77.0 Å². The molecule has 0 heterocycles. The highest BCUT2D eigenvalue weighted by molar-refractivity contribution is 6.21. The van der Waals surface area contributed by atoms with Gasteiger partial charge in [-0.1, -0.05) is 0 Å². The van der Waals surface area contributed by atoms with E-state index in [0.717, 1.165) is 0 Å². The number of rotatable bonds is 7. The number of nitrogens with one attached hydrogen (secondary N) is 2. The number of carbonyl (C=O) groups is 2. The van der Waals surface area contributed by atoms with E-state index in [-0.39, 0.29) is 56.1 Å². The van der Waals surface area contributed by atoms with Gasteiger partial charge < -0.3 is 20.5 Å². The van der Waals surface area contributed by atoms with Gasteiger partial charge in [0.2, 0.25) is 11.8 Å². The first-order valence-corrected chi connectivity index (χ1v) is 13.6. The molecule has 5 rings (SSSR count). The summed E-state index contributed by atoms with van der Waals surface area (Å²) in [5.41, 5.74) is -1.53. The molecule has 0 spiro atoms. The number of carbonyl (C=O) groups excluding carboxylic acids is 2. The molecule has 0 saturated heterocycles. The molecule has 11 heteroatoms. The fraction of sp³-hybridized carbons (Fsp3) is 0.920. The van der Waals surface area contributed by atoms with Crippen molar-refractivity contribution in [1.29, 1.82) is 0 Å². The third-order valence-corrected chi connectivity index (χ3v) is 9.64. The average Bonchev–Trinajstić information content (AvgIpc) is 2.84. The number of alkyl halides is 5. The van der Waals surface area contributed by atoms with Gasteiger partial charge in [-0.25, -0.2) is 4.39 Å². The Morgan fingerprint density at radius 1 is 1.03 bits per heavy atom. The molecule has 0 radical (unpaired) electrons. The number of ether oxygens (including phenoxy) is 1. The molecule has 0 aromatic rings. The van der Waals surface area contributed by atoms with Crippen LogP contribution >= 0.6 is 11.6 Å². The quantitative estimate of drug-likeness (QED) is 0.334. The van der Waals surface area contributed by atoms with Crippen LogP contribution in [0.3, 0.4) is 0 Å². The van der Waals surface area contributed by atoms with Crippen LogP contribution in [-0.2, 0) is 14.3 Å². The van der Waals surface area contributed by atoms with Crippen molar-refractivity contribution in [2.75, 3.05) is 13.2 Å². The third-order valence-electron chi connectivity index (χ3n) is 9.15. The highest BCUT2D eigenvalue weighted by Gasteiger charge is 2.57. The summed E-state index contributed by atoms with van der Waals surface area (Å²) in [6.45, 7) is 0.132. The maximum Gasteiger partial charge on any atom is 0.391 e. The van der Waals surface area contributed by atoms with Gasteiger partial charge in [-0.05, 0) is 76.5 Å². The van der Waals surface area contributed by atoms with E-state index in [0.29, 0.717) is 57.9 Å². The molecule has 3 unspecified atom stereocenters. The minimum Gasteiger partial charge on any atom is -0.391 e. The number of aliphatic hydroxyl groups is 1. The van der Waals surface area contributed by atoms with E-state index in [4.69, 9.17) is 16.3 Å². The van der Waals surface area contributed by atoms with Crippen LogP contribution in [0, 0.1) is 17.3 Å². The Balaban J connectivity index is 1.22. The van der Waals surface area contributed by atoms with Gasteiger partial charge in [0.25, 0.3) is 0 Å². The van der Waals surface area contributed by atoms with E-state index in [1.165, 1.54) is 0 Å². The molecule has 6 nitrogen and oxygen atoms in total. The van der Waals surface area contributed by atoms with Crippen molar-refractivity contribution < 1.29 is 37.0 Å². The van der Waals surface area contributed by atoms with Crippen molar-refractivity contribution >= 4 is 23.4 Å². The van der Waals surface area contributed by atoms with Crippen molar-refractivity contribution in [1.82, 2.24) is 10.6 Å². The summed E-state index contributed by atoms with van der Waals surface area (Å²) in [6.07, 6.45) is -2.06. The van der Waals surface area contributed by atoms with Crippen molar-refractivity contribution in [2.45, 2.75) is 113 Å². The Bertz CT molecular complexity index is 797. The maximum absolute atomic E-state index is 13.8. The molecule has 206 valence electrons. The van der Waals surface area contributed by atoms with Crippen LogP contribution in [0.25, 0.3) is 0 Å². The number of hydrogen-bond donors (Lipinski definition) is 3. The van der Waals surface area contributed by atoms with Gasteiger partial charge in [0.1, 0.15) is 12.8 Å². The van der Waals surface area contributed by atoms with Crippen molar-refractivity contribution in [3.05, 3.63) is 0 Å². The molecule has 5 fully saturated rings. The Hall–Kier alpha value is -1.13. The van der Waals surface area contributed by atoms with Gasteiger partial charge in [0, 0.05) is 13.0 Å². The summed E-state index contributed by atoms with van der Waals surface area (Å²) in [7, 11) is 0. The predicted octanol–water partition coefficient (Wildman–Crippen LogP) is 4.17. The normalized spacial score (nSPS) is 41.1. The number of hydrogen-bond acceptors (Lipinski definition) is 4. The molecule has 3 N–H and O–H groups in total. The van der Waals surface area contributed by atoms with Gasteiger partial charge >= 0.3 is 6.18 Å². The molecule has 5 aliphatic carbocycles. The first-order valence-electron chi connectivity index (χ1n) is 13.2. The van der Waals surface area contributed by atoms with Crippen LogP contribution in [0.5, 0.6) is 0 Å². The molecular weight excluding hydrogens is 504 g/mol. The van der Waals surface area contributed by atoms with Crippen LogP contribution in [0.2, 0.25) is 0 Å². The Labute approximate surface area is 214 Å². The highest BCUT2D eigenvalue weighted by atomic mass is 35.5. The first-order chi connectivity index (χ1) is 16.9. The van der Waals surface area contributed by atoms with Crippen molar-refractivity contribution in [3.63, 3.8) is 0 Å². The summed E-state index contributed by atoms with van der Waals surface area (Å²) < 4.78 is 58.0. The van der Waals surface area contributed by atoms with Crippen molar-refractivity contribution in [3.8, 4) is 0 Å². The van der Waals surface area contributed by atoms with E-state index in [9.17, 15) is 32.3 Å². The lowest BCUT2D eigenvalue weighted by Crippen LogP contribution is -2.67. The first kappa shape index (κ1) is 27.9. The zero-order chi connectivity index (χ0) is 26.1. The van der Waals surface area contributed by atoms with E-state index in [1.54, 1.807) is 0 Å². The molecule has 0 aliphatic heterocycles. The number of amides is 2. The SMILES string of the molecule is O=C(COC1CCC(Cl)C(F)C1)NC12CCC(C(=O)NCC3CCC(C(F)(F)F)CC3)(CC1)C[C@@H]2O. The second kappa shape index (κ2) is 10.9. The monoisotopic (exact) mass is 540 g/mol. The number of aliphatic hydroxyl groups excluding tert-OH is 1. The third kappa shape index (κ3) is 6.12. The summed E-state index contributed by atoms with van der Waals surface area (Å²) in [4.78, 5) is 25.7. The Morgan fingerprint density at radius 3 is 2.28 bits per heavy atom. The lowest BCUT2D eigenvalue weighted by molar-refractivity contribution is -0.184. The van der Waals surface area contributed by atoms with E-state index in [1.807, 2.05) is 0 Å². The Morgan fingerprint density at radius 2 is 1.69 bits per heavy atom. The topological polar surface area (TPSA) is 87.7 Å². The number of halogens is 5. The molecule has 4 atom stereocenters. The van der Waals surface area contributed by atoms with Gasteiger partial charge in [-0.15, -0.1) is 11.6 Å². The van der Waals surface area contributed by atoms with Gasteiger partial charge in [0.05, 0.1) is 34.5 Å². The minimum absolute atomic E-state index is 0.0339. The average molecular weight is 541 g/mol. The largest absolute Gasteiger partial charge is 0.391 e. The predicted molar refractivity (Wildman–Crippen MR) is 125 cm³/mol. The lowest BCUT2D eigenvalue weighted by atomic mass is 9.55. The summed E-state index contributed by atoms with van der Waals surface area (Å²) >= 11 is 5.89. The zero-order valence-electron chi connectivity index (χ0n) is 20.4. The second-order valence-electron chi connectivity index (χ2n) is 11.5. The molecule has 5 saturated carbocycles. The summed E-state index contributed by atoms with van der Waals surface area (Å²) in [5, 5.41) is 16.3. The van der Waals surface area contributed by atoms with Crippen molar-refractivity contribution in [2.24, 2.45) is 17.3 Å². The minimum atomic E-state index is -4.15. The maximum atomic E-state index is 13.8. The fourth-order valence-corrected chi connectivity index (χ4v) is 6.85. The lowest BCUT2D eigenvalue weighted by Gasteiger charge is -2.55. The molecule has 5 aliphatic rings. The number of fused-ring (bicyclic) bond motifs is 3. The molecule has 2 amide bonds. The highest BCUT2D eigenvalue weighted by Crippen LogP contribution is 2.52. The summed E-state index contributed by atoms with van der Waals surface area (Å²) in [5.74, 6) is -1.74. The van der Waals surface area contributed by atoms with E-state index in [2.05, 4.69) is 10.6 Å². The standard InChI is InChI=1S/C25H37ClF4N2O4/c26-18-6-5-17(11-19(18)27)36-14-21(34)32-24-9-7-23(8-10-24,12-20(24)33)22(35)31-13-15-1-3-16(4-2-15)25(28,29)30/h15-20,33H,1-14H2,(H,31,35)(H,32,34)/t15?,16?,17?,18?,19?,20-,23?,24?/m0/s1. The van der Waals surface area contributed by atoms with Gasteiger partial charge in [-0.3, -0.25) is 9.59 Å². The van der Waals surface area contributed by atoms with Crippen LogP contribution in [0.15, 0.2) is 0 Å². The molecule has 36 heavy (non-hydrogen) atoms. The molecule has 2 bridgehead atoms. The van der Waals surface area contributed by atoms with Crippen LogP contribution in [0.4, 0.5) is 17.6 Å². The fourth-order valence-electron chi connectivity index (χ4n) is 6.63. The summed E-state index contributed by atoms with van der Waals surface area (Å²) in [6, 6.07) is 0. The van der Waals surface area contributed by atoms with E-state index < -0.39 is 40.7 Å². The van der Waals surface area contributed by atoms with Gasteiger partial charge in [-0.2, -0.15) is 13.2 Å². The Kier molecular flexibility index (Phi) is 8.47. The second-order valence-corrected chi connectivity index (χ2v) is 12.0. The van der Waals surface area contributed by atoms with Gasteiger partial charge in [0.15, 0.2) is 0 Å². The van der Waals surface area contributed by atoms with E-state index >= 15 is 0 Å². The smallest absolute Gasteiger partial charge is 0.391 e. The zero-order valence-corrected chi connectivity index (χ0v) is 21.2. The van der Waals surface area contributed by atoms with Crippen LogP contribution in [-0.4, -0.2) is 65.5 Å². The molecule has 0 aromatic carbocycles. The molecular formula is C25H37ClF4N2O4. The molecule has 0 aromatic heterocycles.